The van der Waals surface area contributed by atoms with Crippen LogP contribution in [0.3, 0.4) is 0 Å². The molecule has 39 heavy (non-hydrogen) atoms. The van der Waals surface area contributed by atoms with Crippen molar-refractivity contribution in [2.24, 2.45) is 5.41 Å². The quantitative estimate of drug-likeness (QED) is 0.249. The number of anilines is 2. The van der Waals surface area contributed by atoms with Crippen LogP contribution in [0.5, 0.6) is 0 Å². The highest BCUT2D eigenvalue weighted by molar-refractivity contribution is 6.35. The summed E-state index contributed by atoms with van der Waals surface area (Å²) in [4.78, 5) is 4.35. The number of aromatic nitrogens is 1. The van der Waals surface area contributed by atoms with Crippen LogP contribution in [0.1, 0.15) is 50.6 Å². The SMILES string of the molecule is [2H]C(Nc1cc(Cl)c2ncc(C#N)c(NCC3(C(F)F)CCC3)c2c1)(C1=CN(C2CC2)NN1)c1ccc(F)cc1. The van der Waals surface area contributed by atoms with Gasteiger partial charge in [0, 0.05) is 41.5 Å². The molecule has 202 valence electrons. The lowest BCUT2D eigenvalue weighted by molar-refractivity contribution is -0.0500. The van der Waals surface area contributed by atoms with Crippen LogP contribution in [0.2, 0.25) is 5.02 Å². The first-order valence-electron chi connectivity index (χ1n) is 13.3. The van der Waals surface area contributed by atoms with Crippen molar-refractivity contribution in [3.63, 3.8) is 0 Å². The Morgan fingerprint density at radius 1 is 1.26 bits per heavy atom. The highest BCUT2D eigenvalue weighted by Crippen LogP contribution is 2.46. The van der Waals surface area contributed by atoms with E-state index in [4.69, 9.17) is 11.6 Å². The number of rotatable bonds is 9. The standard InChI is InChI=1S/C28H27ClF3N7/c29-22-11-19(36-25(16-2-4-18(30)5-3-16)23-14-39(38-37-23)20-6-7-20)10-21-24(17(12-33)13-34-26(21)22)35-15-28(27(31)32)8-1-9-28/h2-5,10-11,13-14,20,25,27,36-38H,1,6-9,15H2,(H,34,35)/i25D. The second-order valence-corrected chi connectivity index (χ2v) is 10.7. The van der Waals surface area contributed by atoms with Crippen LogP contribution in [0.25, 0.3) is 10.9 Å². The zero-order valence-corrected chi connectivity index (χ0v) is 21.6. The molecule has 11 heteroatoms. The van der Waals surface area contributed by atoms with E-state index in [1.165, 1.54) is 30.5 Å². The molecule has 1 aromatic heterocycles. The Kier molecular flexibility index (Phi) is 6.33. The average molecular weight is 555 g/mol. The molecule has 0 radical (unpaired) electrons. The van der Waals surface area contributed by atoms with Crippen LogP contribution in [-0.2, 0) is 0 Å². The number of hydrogen-bond acceptors (Lipinski definition) is 7. The lowest BCUT2D eigenvalue weighted by atomic mass is 9.69. The monoisotopic (exact) mass is 554 g/mol. The molecule has 1 atom stereocenters. The zero-order chi connectivity index (χ0) is 28.1. The summed E-state index contributed by atoms with van der Waals surface area (Å²) in [5, 5.41) is 18.7. The van der Waals surface area contributed by atoms with E-state index in [0.29, 0.717) is 52.4 Å². The van der Waals surface area contributed by atoms with Crippen molar-refractivity contribution < 1.29 is 14.5 Å². The Balaban J connectivity index is 1.41. The molecular weight excluding hydrogens is 527 g/mol. The lowest BCUT2D eigenvalue weighted by Gasteiger charge is -2.41. The van der Waals surface area contributed by atoms with Crippen LogP contribution in [0, 0.1) is 22.6 Å². The number of nitriles is 1. The maximum Gasteiger partial charge on any atom is 0.245 e. The number of hydrazine groups is 2. The minimum absolute atomic E-state index is 0.00513. The lowest BCUT2D eigenvalue weighted by Crippen LogP contribution is -2.43. The zero-order valence-electron chi connectivity index (χ0n) is 21.9. The summed E-state index contributed by atoms with van der Waals surface area (Å²) in [5.41, 5.74) is 7.33. The van der Waals surface area contributed by atoms with Gasteiger partial charge in [0.15, 0.2) is 0 Å². The summed E-state index contributed by atoms with van der Waals surface area (Å²) in [7, 11) is 0. The Bertz CT molecular complexity index is 1520. The molecular formula is C28H27ClF3N7. The number of benzene rings is 2. The molecule has 2 fully saturated rings. The van der Waals surface area contributed by atoms with Gasteiger partial charge in [-0.1, -0.05) is 30.2 Å². The van der Waals surface area contributed by atoms with Crippen molar-refractivity contribution in [1.82, 2.24) is 21.0 Å². The van der Waals surface area contributed by atoms with Gasteiger partial charge in [-0.15, -0.1) is 5.53 Å². The van der Waals surface area contributed by atoms with Gasteiger partial charge >= 0.3 is 0 Å². The molecule has 0 spiro atoms. The summed E-state index contributed by atoms with van der Waals surface area (Å²) in [5.74, 6) is -0.426. The highest BCUT2D eigenvalue weighted by atomic mass is 35.5. The van der Waals surface area contributed by atoms with Crippen molar-refractivity contribution in [3.05, 3.63) is 76.5 Å². The number of alkyl halides is 2. The fraction of sp³-hybridized carbons (Fsp3) is 0.357. The summed E-state index contributed by atoms with van der Waals surface area (Å²) in [6.07, 6.45) is 4.32. The topological polar surface area (TPSA) is 88.0 Å². The first-order chi connectivity index (χ1) is 19.2. The fourth-order valence-corrected chi connectivity index (χ4v) is 5.30. The summed E-state index contributed by atoms with van der Waals surface area (Å²) >= 11 is 6.64. The largest absolute Gasteiger partial charge is 0.383 e. The molecule has 3 aromatic rings. The maximum absolute atomic E-state index is 13.9. The molecule has 0 saturated heterocycles. The van der Waals surface area contributed by atoms with Crippen LogP contribution in [0.4, 0.5) is 24.5 Å². The van der Waals surface area contributed by atoms with Gasteiger partial charge in [-0.05, 0) is 55.5 Å². The first-order valence-corrected chi connectivity index (χ1v) is 13.2. The van der Waals surface area contributed by atoms with Gasteiger partial charge in [-0.25, -0.2) is 13.2 Å². The minimum atomic E-state index is -2.48. The maximum atomic E-state index is 13.9. The number of halogens is 4. The van der Waals surface area contributed by atoms with E-state index in [1.807, 2.05) is 11.2 Å². The van der Waals surface area contributed by atoms with Gasteiger partial charge in [0.2, 0.25) is 6.43 Å². The smallest absolute Gasteiger partial charge is 0.245 e. The molecule has 1 aliphatic heterocycles. The third-order valence-corrected chi connectivity index (χ3v) is 7.96. The van der Waals surface area contributed by atoms with Gasteiger partial charge in [-0.3, -0.25) is 9.99 Å². The molecule has 0 bridgehead atoms. The van der Waals surface area contributed by atoms with E-state index in [9.17, 15) is 19.8 Å². The second kappa shape index (κ2) is 10.1. The van der Waals surface area contributed by atoms with Crippen molar-refractivity contribution in [1.29, 1.82) is 5.26 Å². The summed E-state index contributed by atoms with van der Waals surface area (Å²) in [6.45, 7) is 0.00513. The van der Waals surface area contributed by atoms with Gasteiger partial charge in [-0.2, -0.15) is 5.26 Å². The van der Waals surface area contributed by atoms with E-state index in [2.05, 4.69) is 32.6 Å². The number of nitrogens with zero attached hydrogens (tertiary/aromatic N) is 3. The minimum Gasteiger partial charge on any atom is -0.383 e. The number of fused-ring (bicyclic) bond motifs is 1. The molecule has 3 aliphatic rings. The Labute approximate surface area is 230 Å². The molecule has 4 N–H and O–H groups in total. The predicted octanol–water partition coefficient (Wildman–Crippen LogP) is 6.23. The molecule has 6 rings (SSSR count). The van der Waals surface area contributed by atoms with Crippen LogP contribution in [-0.4, -0.2) is 29.0 Å². The van der Waals surface area contributed by atoms with Gasteiger partial charge in [0.1, 0.15) is 11.9 Å². The molecule has 2 aliphatic carbocycles. The molecule has 2 aromatic carbocycles. The van der Waals surface area contributed by atoms with Gasteiger partial charge in [0.25, 0.3) is 0 Å². The van der Waals surface area contributed by atoms with Gasteiger partial charge in [0.05, 0.1) is 34.9 Å². The van der Waals surface area contributed by atoms with Crippen molar-refractivity contribution in [2.75, 3.05) is 17.2 Å². The Morgan fingerprint density at radius 2 is 2.03 bits per heavy atom. The Morgan fingerprint density at radius 3 is 2.67 bits per heavy atom. The normalized spacial score (nSPS) is 19.9. The molecule has 0 amide bonds. The average Bonchev–Trinajstić information content (AvgIpc) is 3.63. The van der Waals surface area contributed by atoms with Crippen LogP contribution >= 0.6 is 11.6 Å². The molecule has 7 nitrogen and oxygen atoms in total. The highest BCUT2D eigenvalue weighted by Gasteiger charge is 2.45. The van der Waals surface area contributed by atoms with Gasteiger partial charge < -0.3 is 16.1 Å². The summed E-state index contributed by atoms with van der Waals surface area (Å²) < 4.78 is 51.0. The predicted molar refractivity (Wildman–Crippen MR) is 144 cm³/mol. The van der Waals surface area contributed by atoms with Crippen molar-refractivity contribution >= 4 is 33.9 Å². The van der Waals surface area contributed by atoms with E-state index in [-0.39, 0.29) is 17.1 Å². The number of pyridine rings is 1. The molecule has 2 saturated carbocycles. The molecule has 2 heterocycles. The van der Waals surface area contributed by atoms with Crippen LogP contribution < -0.4 is 21.6 Å². The van der Waals surface area contributed by atoms with E-state index >= 15 is 0 Å². The molecule has 1 unspecified atom stereocenters. The van der Waals surface area contributed by atoms with Crippen molar-refractivity contribution in [3.8, 4) is 6.07 Å². The van der Waals surface area contributed by atoms with E-state index in [1.54, 1.807) is 12.1 Å². The number of nitrogens with one attached hydrogen (secondary N) is 4. The fourth-order valence-electron chi connectivity index (χ4n) is 5.04. The first kappa shape index (κ1) is 24.4. The third-order valence-electron chi connectivity index (χ3n) is 7.67. The number of hydrogen-bond donors (Lipinski definition) is 4. The van der Waals surface area contributed by atoms with Crippen molar-refractivity contribution in [2.45, 2.75) is 50.6 Å². The summed E-state index contributed by atoms with van der Waals surface area (Å²) in [6, 6.07) is 9.79. The van der Waals surface area contributed by atoms with E-state index < -0.39 is 23.7 Å². The Hall–Kier alpha value is -3.68. The second-order valence-electron chi connectivity index (χ2n) is 10.3. The van der Waals surface area contributed by atoms with Crippen LogP contribution in [0.15, 0.2) is 54.5 Å². The third kappa shape index (κ3) is 4.92. The van der Waals surface area contributed by atoms with E-state index in [0.717, 1.165) is 19.3 Å².